The number of para-hydroxylation sites is 1. The minimum atomic E-state index is -3.98. The van der Waals surface area contributed by atoms with Gasteiger partial charge in [-0.05, 0) is 71.0 Å². The lowest BCUT2D eigenvalue weighted by atomic mass is 9.97. The van der Waals surface area contributed by atoms with Gasteiger partial charge in [-0.1, -0.05) is 133 Å². The van der Waals surface area contributed by atoms with Crippen molar-refractivity contribution in [1.29, 1.82) is 0 Å². The summed E-state index contributed by atoms with van der Waals surface area (Å²) in [6.07, 6.45) is -0.124. The van der Waals surface area contributed by atoms with Crippen LogP contribution in [-0.4, -0.2) is 44.4 Å². The monoisotopic (exact) mass is 828 g/mol. The van der Waals surface area contributed by atoms with E-state index in [-0.39, 0.29) is 36.7 Å². The fourth-order valence-electron chi connectivity index (χ4n) is 7.04. The van der Waals surface area contributed by atoms with Gasteiger partial charge in [0.1, 0.15) is 11.8 Å². The van der Waals surface area contributed by atoms with Gasteiger partial charge in [-0.3, -0.25) is 4.79 Å². The quantitative estimate of drug-likeness (QED) is 0.0829. The topological polar surface area (TPSA) is 123 Å². The lowest BCUT2D eigenvalue weighted by molar-refractivity contribution is -0.245. The molecule has 1 heterocycles. The van der Waals surface area contributed by atoms with E-state index in [2.05, 4.69) is 10.0 Å². The predicted octanol–water partition coefficient (Wildman–Crippen LogP) is 8.71. The molecule has 9 nitrogen and oxygen atoms in total. The highest BCUT2D eigenvalue weighted by atomic mass is 32.2. The number of aryl methyl sites for hydroxylation is 1. The molecule has 7 rings (SSSR count). The lowest BCUT2D eigenvalue weighted by Crippen LogP contribution is -2.47. The molecule has 0 unspecified atom stereocenters. The number of methoxy groups -OCH3 is 1. The van der Waals surface area contributed by atoms with Crippen molar-refractivity contribution in [1.82, 2.24) is 10.0 Å². The third-order valence-electron chi connectivity index (χ3n) is 10.3. The Hall–Kier alpha value is -5.27. The summed E-state index contributed by atoms with van der Waals surface area (Å²) in [4.78, 5) is 15.0. The molecule has 3 N–H and O–H groups in total. The van der Waals surface area contributed by atoms with Gasteiger partial charge in [-0.15, -0.1) is 11.8 Å². The third kappa shape index (κ3) is 10.9. The van der Waals surface area contributed by atoms with Crippen LogP contribution in [0.2, 0.25) is 0 Å². The Kier molecular flexibility index (Phi) is 13.9. The first-order valence-electron chi connectivity index (χ1n) is 19.5. The smallest absolute Gasteiger partial charge is 0.241 e. The maximum Gasteiger partial charge on any atom is 0.241 e. The van der Waals surface area contributed by atoms with Crippen LogP contribution in [0.15, 0.2) is 161 Å². The number of hydrogen-bond acceptors (Lipinski definition) is 8. The summed E-state index contributed by atoms with van der Waals surface area (Å²) in [6.45, 7) is 2.05. The molecule has 6 aromatic rings. The normalized spacial score (nSPS) is 17.2. The van der Waals surface area contributed by atoms with E-state index in [9.17, 15) is 18.3 Å². The molecule has 0 aliphatic carbocycles. The van der Waals surface area contributed by atoms with E-state index in [1.165, 1.54) is 0 Å². The summed E-state index contributed by atoms with van der Waals surface area (Å²) in [5.41, 5.74) is 7.23. The molecule has 0 bridgehead atoms. The van der Waals surface area contributed by atoms with Gasteiger partial charge in [0.05, 0.1) is 30.8 Å². The van der Waals surface area contributed by atoms with E-state index >= 15 is 0 Å². The first-order valence-corrected chi connectivity index (χ1v) is 22.0. The molecular formula is C48H48N2O7S2. The van der Waals surface area contributed by atoms with Crippen LogP contribution in [0.25, 0.3) is 11.1 Å². The predicted molar refractivity (Wildman–Crippen MR) is 231 cm³/mol. The lowest BCUT2D eigenvalue weighted by Gasteiger charge is -2.36. The highest BCUT2D eigenvalue weighted by Gasteiger charge is 2.33. The summed E-state index contributed by atoms with van der Waals surface area (Å²) in [5, 5.41) is 12.6. The van der Waals surface area contributed by atoms with Crippen LogP contribution in [0, 0.1) is 6.92 Å². The number of hydrogen-bond donors (Lipinski definition) is 3. The number of aliphatic hydroxyl groups excluding tert-OH is 1. The molecule has 0 radical (unpaired) electrons. The van der Waals surface area contributed by atoms with Gasteiger partial charge in [0.25, 0.3) is 0 Å². The molecule has 0 aromatic heterocycles. The number of benzene rings is 6. The second-order valence-electron chi connectivity index (χ2n) is 14.5. The van der Waals surface area contributed by atoms with Crippen molar-refractivity contribution in [2.75, 3.05) is 12.9 Å². The Morgan fingerprint density at radius 3 is 2.20 bits per heavy atom. The van der Waals surface area contributed by atoms with Crippen molar-refractivity contribution in [3.63, 3.8) is 0 Å². The number of sulfonamides is 1. The molecule has 1 aliphatic rings. The fraction of sp³-hybridized carbons (Fsp3) is 0.229. The molecule has 59 heavy (non-hydrogen) atoms. The van der Waals surface area contributed by atoms with Crippen LogP contribution in [-0.2, 0) is 43.9 Å². The number of carbonyl (C=O) groups is 1. The SMILES string of the molecule is COc1ccccc1SC[C@H]1C[C@@H](c2ccc(CO)cc2)O[C@@H](c2ccc(-c3ccccc3CNC(=O)[C@@H](Cc3ccccc3)NS(=O)(=O)c3ccc(C)cc3)cc2)O1. The number of thioether (sulfide) groups is 1. The Morgan fingerprint density at radius 1 is 0.797 bits per heavy atom. The van der Waals surface area contributed by atoms with Crippen molar-refractivity contribution >= 4 is 27.7 Å². The minimum absolute atomic E-state index is 0.0254. The van der Waals surface area contributed by atoms with Crippen LogP contribution < -0.4 is 14.8 Å². The highest BCUT2D eigenvalue weighted by Crippen LogP contribution is 2.41. The average Bonchev–Trinajstić information content (AvgIpc) is 3.28. The van der Waals surface area contributed by atoms with Crippen molar-refractivity contribution in [3.8, 4) is 16.9 Å². The summed E-state index contributed by atoms with van der Waals surface area (Å²) < 4.78 is 48.3. The van der Waals surface area contributed by atoms with Crippen LogP contribution in [0.3, 0.4) is 0 Å². The van der Waals surface area contributed by atoms with Crippen LogP contribution in [0.4, 0.5) is 0 Å². The van der Waals surface area contributed by atoms with E-state index in [4.69, 9.17) is 14.2 Å². The molecule has 0 spiro atoms. The number of rotatable bonds is 16. The molecule has 6 aromatic carbocycles. The average molecular weight is 829 g/mol. The standard InChI is InChI=1S/C48H48N2O7S2/c1-33-16-26-41(27-17-33)59(53,54)50-43(28-34-10-4-3-5-11-34)47(52)49-30-39-12-6-7-13-42(39)36-22-24-38(25-23-36)48-56-40(32-58-46-15-9-8-14-44(46)55-2)29-45(57-48)37-20-18-35(31-51)19-21-37/h3-27,40,43,45,48,50-51H,28-32H2,1-2H3,(H,49,52)/t40-,43-,45+,48+/m1/s1. The van der Waals surface area contributed by atoms with E-state index in [1.807, 2.05) is 134 Å². The molecule has 1 saturated heterocycles. The second-order valence-corrected chi connectivity index (χ2v) is 17.3. The maximum absolute atomic E-state index is 13.8. The number of nitrogens with one attached hydrogen (secondary N) is 2. The molecule has 4 atom stereocenters. The number of carbonyl (C=O) groups excluding carboxylic acids is 1. The first kappa shape index (κ1) is 41.9. The number of amides is 1. The molecule has 1 amide bonds. The summed E-state index contributed by atoms with van der Waals surface area (Å²) in [6, 6.07) is 46.6. The summed E-state index contributed by atoms with van der Waals surface area (Å²) in [7, 11) is -2.31. The molecule has 1 fully saturated rings. The third-order valence-corrected chi connectivity index (χ3v) is 13.0. The van der Waals surface area contributed by atoms with Crippen molar-refractivity contribution in [3.05, 3.63) is 185 Å². The van der Waals surface area contributed by atoms with Gasteiger partial charge in [-0.25, -0.2) is 8.42 Å². The molecule has 11 heteroatoms. The number of ether oxygens (including phenoxy) is 3. The van der Waals surface area contributed by atoms with Crippen molar-refractivity contribution in [2.45, 2.75) is 67.2 Å². The summed E-state index contributed by atoms with van der Waals surface area (Å²) in [5.74, 6) is 1.09. The Balaban J connectivity index is 1.07. The van der Waals surface area contributed by atoms with E-state index in [1.54, 1.807) is 43.1 Å². The molecule has 1 aliphatic heterocycles. The minimum Gasteiger partial charge on any atom is -0.496 e. The zero-order valence-electron chi connectivity index (χ0n) is 33.0. The van der Waals surface area contributed by atoms with Crippen LogP contribution in [0.1, 0.15) is 52.2 Å². The molecule has 0 saturated carbocycles. The van der Waals surface area contributed by atoms with E-state index < -0.39 is 28.3 Å². The maximum atomic E-state index is 13.8. The van der Waals surface area contributed by atoms with Gasteiger partial charge >= 0.3 is 0 Å². The molecule has 304 valence electrons. The zero-order valence-corrected chi connectivity index (χ0v) is 34.6. The first-order chi connectivity index (χ1) is 28.7. The van der Waals surface area contributed by atoms with E-state index in [0.717, 1.165) is 55.2 Å². The second kappa shape index (κ2) is 19.7. The Bertz CT molecular complexity index is 2410. The fourth-order valence-corrected chi connectivity index (χ4v) is 9.28. The zero-order chi connectivity index (χ0) is 41.2. The van der Waals surface area contributed by atoms with Crippen molar-refractivity contribution in [2.24, 2.45) is 0 Å². The number of aliphatic hydroxyl groups is 1. The van der Waals surface area contributed by atoms with Gasteiger partial charge in [0, 0.05) is 29.2 Å². The van der Waals surface area contributed by atoms with Gasteiger partial charge in [0.2, 0.25) is 15.9 Å². The Labute approximate surface area is 350 Å². The van der Waals surface area contributed by atoms with E-state index in [0.29, 0.717) is 12.2 Å². The van der Waals surface area contributed by atoms with Gasteiger partial charge in [-0.2, -0.15) is 4.72 Å². The van der Waals surface area contributed by atoms with Crippen LogP contribution in [0.5, 0.6) is 5.75 Å². The van der Waals surface area contributed by atoms with Gasteiger partial charge < -0.3 is 24.6 Å². The summed E-state index contributed by atoms with van der Waals surface area (Å²) >= 11 is 1.69. The highest BCUT2D eigenvalue weighted by molar-refractivity contribution is 7.99. The largest absolute Gasteiger partial charge is 0.496 e. The molecular weight excluding hydrogens is 781 g/mol. The van der Waals surface area contributed by atoms with Crippen LogP contribution >= 0.6 is 11.8 Å². The van der Waals surface area contributed by atoms with Crippen molar-refractivity contribution < 1.29 is 32.5 Å². The van der Waals surface area contributed by atoms with Gasteiger partial charge in [0.15, 0.2) is 6.29 Å². The Morgan fingerprint density at radius 2 is 1.47 bits per heavy atom.